The zero-order chi connectivity index (χ0) is 26.4. The Balaban J connectivity index is 1.67. The molecule has 2 N–H and O–H groups in total. The fraction of sp³-hybridized carbons (Fsp3) is 0.355. The van der Waals surface area contributed by atoms with E-state index < -0.39 is 17.5 Å². The molecule has 0 aliphatic heterocycles. The first-order valence-electron chi connectivity index (χ1n) is 12.9. The second-order valence-corrected chi connectivity index (χ2v) is 10.3. The Morgan fingerprint density at radius 1 is 0.946 bits per heavy atom. The summed E-state index contributed by atoms with van der Waals surface area (Å²) in [5.74, 6) is -1.13. The molecule has 194 valence electrons. The second kappa shape index (κ2) is 11.9. The number of rotatable bonds is 8. The number of esters is 1. The summed E-state index contributed by atoms with van der Waals surface area (Å²) in [6.07, 6.45) is 3.88. The summed E-state index contributed by atoms with van der Waals surface area (Å²) in [6, 6.07) is 26.5. The first-order valence-corrected chi connectivity index (χ1v) is 13.3. The Morgan fingerprint density at radius 2 is 1.49 bits per heavy atom. The molecule has 0 spiro atoms. The van der Waals surface area contributed by atoms with Gasteiger partial charge in [0, 0.05) is 46.8 Å². The molecule has 0 heterocycles. The lowest BCUT2D eigenvalue weighted by molar-refractivity contribution is -0.157. The molecular weight excluding hydrogens is 484 g/mol. The summed E-state index contributed by atoms with van der Waals surface area (Å²) in [5, 5.41) is 0.484. The van der Waals surface area contributed by atoms with Crippen LogP contribution in [0.3, 0.4) is 0 Å². The van der Waals surface area contributed by atoms with Crippen molar-refractivity contribution in [2.24, 2.45) is 11.7 Å². The Bertz CT molecular complexity index is 1160. The molecule has 1 aliphatic rings. The first-order chi connectivity index (χ1) is 17.8. The lowest BCUT2D eigenvalue weighted by atomic mass is 9.80. The highest BCUT2D eigenvalue weighted by Gasteiger charge is 2.42. The molecule has 3 atom stereocenters. The topological polar surface area (TPSA) is 72.6 Å². The molecule has 1 fully saturated rings. The summed E-state index contributed by atoms with van der Waals surface area (Å²) in [5.41, 5.74) is 7.23. The largest absolute Gasteiger partial charge is 0.444 e. The quantitative estimate of drug-likeness (QED) is 0.296. The van der Waals surface area contributed by atoms with E-state index in [1.54, 1.807) is 24.9 Å². The fourth-order valence-electron chi connectivity index (χ4n) is 5.42. The number of carbonyl (C=O) groups is 2. The van der Waals surface area contributed by atoms with Crippen LogP contribution in [0, 0.1) is 5.92 Å². The van der Waals surface area contributed by atoms with Gasteiger partial charge in [0.1, 0.15) is 0 Å². The molecule has 3 aromatic carbocycles. The number of halogens is 1. The Hall–Kier alpha value is -3.15. The van der Waals surface area contributed by atoms with Gasteiger partial charge in [-0.3, -0.25) is 9.59 Å². The monoisotopic (exact) mass is 518 g/mol. The zero-order valence-corrected chi connectivity index (χ0v) is 22.2. The lowest BCUT2D eigenvalue weighted by Crippen LogP contribution is -2.51. The maximum atomic E-state index is 13.6. The molecule has 3 aromatic rings. The Morgan fingerprint density at radius 3 is 2.05 bits per heavy atom. The van der Waals surface area contributed by atoms with E-state index in [0.29, 0.717) is 10.6 Å². The maximum absolute atomic E-state index is 13.6. The van der Waals surface area contributed by atoms with Gasteiger partial charge in [-0.25, -0.2) is 0 Å². The third kappa shape index (κ3) is 5.73. The van der Waals surface area contributed by atoms with Crippen molar-refractivity contribution < 1.29 is 14.3 Å². The van der Waals surface area contributed by atoms with Crippen LogP contribution < -0.4 is 5.73 Å². The van der Waals surface area contributed by atoms with E-state index in [1.165, 1.54) is 0 Å². The van der Waals surface area contributed by atoms with Gasteiger partial charge in [-0.1, -0.05) is 110 Å². The van der Waals surface area contributed by atoms with E-state index >= 15 is 0 Å². The average molecular weight is 519 g/mol. The van der Waals surface area contributed by atoms with Gasteiger partial charge in [-0.2, -0.15) is 0 Å². The van der Waals surface area contributed by atoms with Crippen LogP contribution in [-0.2, 0) is 19.9 Å². The highest BCUT2D eigenvalue weighted by Crippen LogP contribution is 2.43. The molecule has 1 amide bonds. The van der Waals surface area contributed by atoms with Crippen LogP contribution in [0.15, 0.2) is 84.9 Å². The minimum absolute atomic E-state index is 0.00410. The second-order valence-electron chi connectivity index (χ2n) is 9.94. The molecule has 37 heavy (non-hydrogen) atoms. The van der Waals surface area contributed by atoms with Gasteiger partial charge < -0.3 is 15.4 Å². The molecule has 5 nitrogen and oxygen atoms in total. The van der Waals surface area contributed by atoms with Crippen LogP contribution in [0.1, 0.15) is 55.7 Å². The van der Waals surface area contributed by atoms with Gasteiger partial charge in [-0.15, -0.1) is 0 Å². The van der Waals surface area contributed by atoms with Gasteiger partial charge >= 0.3 is 5.97 Å². The van der Waals surface area contributed by atoms with Crippen molar-refractivity contribution in [2.75, 3.05) is 7.05 Å². The smallest absolute Gasteiger partial charge is 0.308 e. The van der Waals surface area contributed by atoms with Crippen LogP contribution in [0.25, 0.3) is 0 Å². The number of likely N-dealkylation sites (N-methyl/N-ethyl adjacent to an activating group) is 1. The van der Waals surface area contributed by atoms with Crippen molar-refractivity contribution >= 4 is 23.5 Å². The summed E-state index contributed by atoms with van der Waals surface area (Å²) in [4.78, 5) is 28.6. The van der Waals surface area contributed by atoms with Crippen molar-refractivity contribution in [3.63, 3.8) is 0 Å². The standard InChI is InChI=1S/C31H35ClN2O3/c1-22(30(36)34(2)28-20-12-11-19-27(28)33)21-29(35)37-31(23-13-5-3-6-14-23,24-15-7-4-8-16-24)25-17-9-10-18-26(25)32/h3-10,13-18,22,27-28H,11-12,19-21,33H2,1-2H3/t22-,27+,28+/m1/s1. The third-order valence-corrected chi connectivity index (χ3v) is 7.73. The van der Waals surface area contributed by atoms with E-state index in [2.05, 4.69) is 0 Å². The number of nitrogens with two attached hydrogens (primary N) is 1. The van der Waals surface area contributed by atoms with E-state index in [4.69, 9.17) is 22.1 Å². The number of nitrogens with zero attached hydrogens (tertiary/aromatic N) is 1. The summed E-state index contributed by atoms with van der Waals surface area (Å²) in [6.45, 7) is 1.77. The molecule has 0 aromatic heterocycles. The minimum atomic E-state index is -1.28. The van der Waals surface area contributed by atoms with Crippen LogP contribution in [-0.4, -0.2) is 35.9 Å². The molecule has 4 rings (SSSR count). The van der Waals surface area contributed by atoms with Crippen LogP contribution in [0.4, 0.5) is 0 Å². The van der Waals surface area contributed by atoms with Crippen molar-refractivity contribution in [2.45, 2.75) is 56.7 Å². The summed E-state index contributed by atoms with van der Waals surface area (Å²) in [7, 11) is 1.79. The highest BCUT2D eigenvalue weighted by molar-refractivity contribution is 6.31. The molecule has 0 unspecified atom stereocenters. The Kier molecular flexibility index (Phi) is 8.67. The van der Waals surface area contributed by atoms with E-state index in [0.717, 1.165) is 36.8 Å². The first kappa shape index (κ1) is 26.9. The summed E-state index contributed by atoms with van der Waals surface area (Å²) < 4.78 is 6.43. The normalized spacial score (nSPS) is 18.6. The van der Waals surface area contributed by atoms with Gasteiger partial charge in [0.15, 0.2) is 5.60 Å². The molecule has 0 radical (unpaired) electrons. The molecule has 1 saturated carbocycles. The van der Waals surface area contributed by atoms with Crippen molar-refractivity contribution in [3.8, 4) is 0 Å². The predicted molar refractivity (Wildman–Crippen MR) is 147 cm³/mol. The number of hydrogen-bond acceptors (Lipinski definition) is 4. The van der Waals surface area contributed by atoms with Crippen LogP contribution in [0.2, 0.25) is 5.02 Å². The molecular formula is C31H35ClN2O3. The molecule has 0 bridgehead atoms. The zero-order valence-electron chi connectivity index (χ0n) is 21.5. The van der Waals surface area contributed by atoms with E-state index in [1.807, 2.05) is 78.9 Å². The van der Waals surface area contributed by atoms with Crippen molar-refractivity contribution in [3.05, 3.63) is 107 Å². The molecule has 6 heteroatoms. The fourth-order valence-corrected chi connectivity index (χ4v) is 5.69. The Labute approximate surface area is 224 Å². The number of ether oxygens (including phenoxy) is 1. The average Bonchev–Trinajstić information content (AvgIpc) is 2.92. The number of hydrogen-bond donors (Lipinski definition) is 1. The number of carbonyl (C=O) groups excluding carboxylic acids is 2. The summed E-state index contributed by atoms with van der Waals surface area (Å²) >= 11 is 6.73. The SMILES string of the molecule is C[C@H](CC(=O)OC(c1ccccc1)(c1ccccc1)c1ccccc1Cl)C(=O)N(C)[C@H]1CCCC[C@@H]1N. The van der Waals surface area contributed by atoms with Gasteiger partial charge in [-0.05, 0) is 18.9 Å². The van der Waals surface area contributed by atoms with Gasteiger partial charge in [0.25, 0.3) is 0 Å². The van der Waals surface area contributed by atoms with E-state index in [9.17, 15) is 9.59 Å². The number of amides is 1. The predicted octanol–water partition coefficient (Wildman–Crippen LogP) is 5.93. The third-order valence-electron chi connectivity index (χ3n) is 7.40. The van der Waals surface area contributed by atoms with Crippen molar-refractivity contribution in [1.29, 1.82) is 0 Å². The molecule has 0 saturated heterocycles. The van der Waals surface area contributed by atoms with Gasteiger partial charge in [0.2, 0.25) is 5.91 Å². The molecule has 1 aliphatic carbocycles. The van der Waals surface area contributed by atoms with Crippen molar-refractivity contribution in [1.82, 2.24) is 4.90 Å². The van der Waals surface area contributed by atoms with Gasteiger partial charge in [0.05, 0.1) is 6.42 Å². The van der Waals surface area contributed by atoms with E-state index in [-0.39, 0.29) is 24.4 Å². The lowest BCUT2D eigenvalue weighted by Gasteiger charge is -2.38. The minimum Gasteiger partial charge on any atom is -0.444 e. The maximum Gasteiger partial charge on any atom is 0.308 e. The van der Waals surface area contributed by atoms with Crippen LogP contribution >= 0.6 is 11.6 Å². The highest BCUT2D eigenvalue weighted by atomic mass is 35.5. The number of benzene rings is 3. The van der Waals surface area contributed by atoms with Crippen LogP contribution in [0.5, 0.6) is 0 Å².